The third kappa shape index (κ3) is 7.40. The molecule has 40 heavy (non-hydrogen) atoms. The van der Waals surface area contributed by atoms with Crippen molar-refractivity contribution in [1.82, 2.24) is 10.2 Å². The summed E-state index contributed by atoms with van der Waals surface area (Å²) >= 11 is 6.19. The van der Waals surface area contributed by atoms with Crippen molar-refractivity contribution < 1.29 is 22.4 Å². The Balaban J connectivity index is 1.65. The van der Waals surface area contributed by atoms with Crippen molar-refractivity contribution in [3.8, 4) is 0 Å². The van der Waals surface area contributed by atoms with E-state index in [4.69, 9.17) is 11.6 Å². The molecule has 7 nitrogen and oxygen atoms in total. The maximum atomic E-state index is 13.9. The van der Waals surface area contributed by atoms with Gasteiger partial charge in [-0.15, -0.1) is 0 Å². The number of para-hydroxylation sites is 1. The molecule has 0 unspecified atom stereocenters. The highest BCUT2D eigenvalue weighted by Gasteiger charge is 2.33. The van der Waals surface area contributed by atoms with Crippen LogP contribution in [0.2, 0.25) is 5.02 Å². The molecule has 0 aromatic heterocycles. The number of hydrogen-bond donors (Lipinski definition) is 1. The van der Waals surface area contributed by atoms with E-state index in [1.165, 1.54) is 4.90 Å². The zero-order valence-corrected chi connectivity index (χ0v) is 23.9. The van der Waals surface area contributed by atoms with E-state index in [0.29, 0.717) is 10.6 Å². The van der Waals surface area contributed by atoms with Crippen molar-refractivity contribution >= 4 is 39.1 Å². The van der Waals surface area contributed by atoms with Gasteiger partial charge in [-0.2, -0.15) is 0 Å². The van der Waals surface area contributed by atoms with E-state index in [1.54, 1.807) is 61.5 Å². The molecule has 1 fully saturated rings. The maximum Gasteiger partial charge on any atom is 0.264 e. The highest BCUT2D eigenvalue weighted by atomic mass is 35.5. The molecule has 10 heteroatoms. The smallest absolute Gasteiger partial charge is 0.264 e. The SMILES string of the molecule is C[C@H](C(=O)NC1CCCCC1)N(Cc1cccc(Cl)c1)C(=O)CN(c1ccccc1)S(=O)(=O)c1ccc(F)cc1. The zero-order valence-electron chi connectivity index (χ0n) is 22.3. The zero-order chi connectivity index (χ0) is 28.7. The van der Waals surface area contributed by atoms with Crippen molar-refractivity contribution in [2.24, 2.45) is 0 Å². The van der Waals surface area contributed by atoms with Gasteiger partial charge in [0, 0.05) is 17.6 Å². The van der Waals surface area contributed by atoms with E-state index in [2.05, 4.69) is 5.32 Å². The Labute approximate surface area is 240 Å². The van der Waals surface area contributed by atoms with Gasteiger partial charge in [-0.1, -0.05) is 61.2 Å². The summed E-state index contributed by atoms with van der Waals surface area (Å²) in [7, 11) is -4.25. The van der Waals surface area contributed by atoms with E-state index >= 15 is 0 Å². The number of rotatable bonds is 10. The lowest BCUT2D eigenvalue weighted by Gasteiger charge is -2.33. The molecule has 0 saturated heterocycles. The lowest BCUT2D eigenvalue weighted by Crippen LogP contribution is -2.53. The Morgan fingerprint density at radius 1 is 0.975 bits per heavy atom. The molecule has 0 spiro atoms. The summed E-state index contributed by atoms with van der Waals surface area (Å²) in [5.41, 5.74) is 0.966. The first kappa shape index (κ1) is 29.6. The van der Waals surface area contributed by atoms with Crippen LogP contribution < -0.4 is 9.62 Å². The van der Waals surface area contributed by atoms with Gasteiger partial charge in [0.15, 0.2) is 0 Å². The summed E-state index contributed by atoms with van der Waals surface area (Å²) in [5, 5.41) is 3.55. The molecule has 1 atom stereocenters. The van der Waals surface area contributed by atoms with Crippen LogP contribution in [-0.2, 0) is 26.2 Å². The van der Waals surface area contributed by atoms with Gasteiger partial charge >= 0.3 is 0 Å². The minimum Gasteiger partial charge on any atom is -0.352 e. The van der Waals surface area contributed by atoms with E-state index in [1.807, 2.05) is 0 Å². The van der Waals surface area contributed by atoms with Crippen LogP contribution in [0.15, 0.2) is 83.8 Å². The quantitative estimate of drug-likeness (QED) is 0.338. The molecule has 0 bridgehead atoms. The molecule has 1 N–H and O–H groups in total. The van der Waals surface area contributed by atoms with E-state index in [0.717, 1.165) is 60.7 Å². The molecule has 1 saturated carbocycles. The minimum absolute atomic E-state index is 0.0477. The molecule has 212 valence electrons. The number of hydrogen-bond acceptors (Lipinski definition) is 4. The highest BCUT2D eigenvalue weighted by molar-refractivity contribution is 7.92. The van der Waals surface area contributed by atoms with Gasteiger partial charge in [0.2, 0.25) is 11.8 Å². The molecule has 4 rings (SSSR count). The number of nitrogens with one attached hydrogen (secondary N) is 1. The van der Waals surface area contributed by atoms with Crippen molar-refractivity contribution in [2.45, 2.75) is 62.6 Å². The Morgan fingerprint density at radius 2 is 1.65 bits per heavy atom. The fraction of sp³-hybridized carbons (Fsp3) is 0.333. The molecule has 0 radical (unpaired) electrons. The summed E-state index contributed by atoms with van der Waals surface area (Å²) in [4.78, 5) is 28.5. The number of benzene rings is 3. The monoisotopic (exact) mass is 585 g/mol. The first-order valence-corrected chi connectivity index (χ1v) is 15.1. The predicted molar refractivity (Wildman–Crippen MR) is 154 cm³/mol. The predicted octanol–water partition coefficient (Wildman–Crippen LogP) is 5.54. The lowest BCUT2D eigenvalue weighted by molar-refractivity contribution is -0.139. The molecule has 0 aliphatic heterocycles. The standard InChI is InChI=1S/C30H33ClFN3O4S/c1-22(30(37)33-26-11-4-2-5-12-26)34(20-23-9-8-10-24(31)19-23)29(36)21-35(27-13-6-3-7-14-27)40(38,39)28-17-15-25(32)16-18-28/h3,6-10,13-19,22,26H,2,4-5,11-12,20-21H2,1H3,(H,33,37)/t22-/m1/s1. The fourth-order valence-electron chi connectivity index (χ4n) is 4.84. The topological polar surface area (TPSA) is 86.8 Å². The molecule has 3 aromatic carbocycles. The average Bonchev–Trinajstić information content (AvgIpc) is 2.95. The number of halogens is 2. The van der Waals surface area contributed by atoms with Crippen LogP contribution in [0.4, 0.5) is 10.1 Å². The summed E-state index contributed by atoms with van der Waals surface area (Å²) in [6, 6.07) is 18.8. The van der Waals surface area contributed by atoms with Crippen LogP contribution in [-0.4, -0.2) is 43.8 Å². The van der Waals surface area contributed by atoms with Crippen LogP contribution >= 0.6 is 11.6 Å². The number of carbonyl (C=O) groups is 2. The van der Waals surface area contributed by atoms with Crippen LogP contribution in [0.5, 0.6) is 0 Å². The van der Waals surface area contributed by atoms with Crippen LogP contribution in [0.3, 0.4) is 0 Å². The third-order valence-corrected chi connectivity index (χ3v) is 9.11. The molecular weight excluding hydrogens is 553 g/mol. The van der Waals surface area contributed by atoms with Gasteiger partial charge in [0.25, 0.3) is 10.0 Å². The van der Waals surface area contributed by atoms with E-state index in [-0.39, 0.29) is 29.1 Å². The summed E-state index contributed by atoms with van der Waals surface area (Å²) in [5.74, 6) is -1.44. The van der Waals surface area contributed by atoms with Crippen molar-refractivity contribution in [3.63, 3.8) is 0 Å². The molecule has 3 aromatic rings. The van der Waals surface area contributed by atoms with Crippen LogP contribution in [0.25, 0.3) is 0 Å². The Kier molecular flexibility index (Phi) is 9.81. The van der Waals surface area contributed by atoms with Gasteiger partial charge in [0.1, 0.15) is 18.4 Å². The van der Waals surface area contributed by atoms with Crippen LogP contribution in [0, 0.1) is 5.82 Å². The summed E-state index contributed by atoms with van der Waals surface area (Å²) in [6.45, 7) is 1.13. The largest absolute Gasteiger partial charge is 0.352 e. The second-order valence-electron chi connectivity index (χ2n) is 9.97. The van der Waals surface area contributed by atoms with Gasteiger partial charge in [-0.3, -0.25) is 13.9 Å². The molecule has 1 aliphatic rings. The molecular formula is C30H33ClFN3O4S. The van der Waals surface area contributed by atoms with Crippen molar-refractivity contribution in [3.05, 3.63) is 95.3 Å². The van der Waals surface area contributed by atoms with E-state index < -0.39 is 34.3 Å². The van der Waals surface area contributed by atoms with Gasteiger partial charge in [-0.05, 0) is 73.9 Å². The van der Waals surface area contributed by atoms with E-state index in [9.17, 15) is 22.4 Å². The Morgan fingerprint density at radius 3 is 2.30 bits per heavy atom. The minimum atomic E-state index is -4.25. The lowest BCUT2D eigenvalue weighted by atomic mass is 9.95. The number of amides is 2. The Hall–Kier alpha value is -3.43. The molecule has 1 aliphatic carbocycles. The second-order valence-corrected chi connectivity index (χ2v) is 12.3. The summed E-state index contributed by atoms with van der Waals surface area (Å²) < 4.78 is 42.0. The normalized spacial score (nSPS) is 14.8. The average molecular weight is 586 g/mol. The summed E-state index contributed by atoms with van der Waals surface area (Å²) in [6.07, 6.45) is 4.99. The number of nitrogens with zero attached hydrogens (tertiary/aromatic N) is 2. The van der Waals surface area contributed by atoms with Gasteiger partial charge in [0.05, 0.1) is 10.6 Å². The fourth-order valence-corrected chi connectivity index (χ4v) is 6.47. The number of anilines is 1. The number of sulfonamides is 1. The molecule has 2 amide bonds. The molecule has 0 heterocycles. The maximum absolute atomic E-state index is 13.9. The first-order chi connectivity index (χ1) is 19.1. The Bertz CT molecular complexity index is 1410. The third-order valence-electron chi connectivity index (χ3n) is 7.09. The second kappa shape index (κ2) is 13.3. The number of carbonyl (C=O) groups excluding carboxylic acids is 2. The first-order valence-electron chi connectivity index (χ1n) is 13.3. The van der Waals surface area contributed by atoms with Gasteiger partial charge < -0.3 is 10.2 Å². The van der Waals surface area contributed by atoms with Crippen molar-refractivity contribution in [2.75, 3.05) is 10.8 Å². The van der Waals surface area contributed by atoms with Gasteiger partial charge in [-0.25, -0.2) is 12.8 Å². The highest BCUT2D eigenvalue weighted by Crippen LogP contribution is 2.25. The van der Waals surface area contributed by atoms with Crippen LogP contribution in [0.1, 0.15) is 44.6 Å². The van der Waals surface area contributed by atoms with Crippen molar-refractivity contribution in [1.29, 1.82) is 0 Å².